The summed E-state index contributed by atoms with van der Waals surface area (Å²) in [6, 6.07) is 7.72. The molecule has 2 aromatic rings. The van der Waals surface area contributed by atoms with Crippen LogP contribution >= 0.6 is 0 Å². The summed E-state index contributed by atoms with van der Waals surface area (Å²) in [6.07, 6.45) is 4.02. The molecule has 0 radical (unpaired) electrons. The van der Waals surface area contributed by atoms with E-state index < -0.39 is 0 Å². The van der Waals surface area contributed by atoms with Crippen molar-refractivity contribution in [3.05, 3.63) is 58.9 Å². The molecule has 1 aromatic heterocycles. The second kappa shape index (κ2) is 7.59. The lowest BCUT2D eigenvalue weighted by Crippen LogP contribution is -2.25. The molecular weight excluding hydrogens is 276 g/mol. The maximum Gasteiger partial charge on any atom is 0.252 e. The van der Waals surface area contributed by atoms with E-state index >= 15 is 0 Å². The van der Waals surface area contributed by atoms with Gasteiger partial charge in [0.1, 0.15) is 5.75 Å². The van der Waals surface area contributed by atoms with Gasteiger partial charge in [0.25, 0.3) is 5.91 Å². The fourth-order valence-electron chi connectivity index (χ4n) is 2.34. The minimum atomic E-state index is -0.0894. The first-order chi connectivity index (χ1) is 10.6. The number of aromatic nitrogens is 1. The molecule has 1 amide bonds. The number of aryl methyl sites for hydroxylation is 2. The van der Waals surface area contributed by atoms with E-state index in [2.05, 4.69) is 29.4 Å². The van der Waals surface area contributed by atoms with Crippen LogP contribution in [-0.4, -0.2) is 24.0 Å². The van der Waals surface area contributed by atoms with Crippen molar-refractivity contribution in [2.45, 2.75) is 27.2 Å². The fraction of sp³-hybridized carbons (Fsp3) is 0.333. The molecular formula is C18H22N2O2. The zero-order chi connectivity index (χ0) is 15.9. The van der Waals surface area contributed by atoms with E-state index in [-0.39, 0.29) is 5.91 Å². The zero-order valence-electron chi connectivity index (χ0n) is 13.3. The van der Waals surface area contributed by atoms with Gasteiger partial charge in [0.05, 0.1) is 12.2 Å². The molecule has 0 unspecified atom stereocenters. The summed E-state index contributed by atoms with van der Waals surface area (Å²) in [4.78, 5) is 15.9. The van der Waals surface area contributed by atoms with Crippen molar-refractivity contribution >= 4 is 5.91 Å². The molecule has 0 aliphatic rings. The predicted octanol–water partition coefficient (Wildman–Crippen LogP) is 3.07. The Labute approximate surface area is 131 Å². The second-order valence-electron chi connectivity index (χ2n) is 5.22. The van der Waals surface area contributed by atoms with Crippen molar-refractivity contribution in [3.8, 4) is 5.75 Å². The predicted molar refractivity (Wildman–Crippen MR) is 87.4 cm³/mol. The second-order valence-corrected chi connectivity index (χ2v) is 5.22. The van der Waals surface area contributed by atoms with Crippen LogP contribution in [0.4, 0.5) is 0 Å². The number of rotatable bonds is 6. The van der Waals surface area contributed by atoms with Crippen LogP contribution in [0.5, 0.6) is 5.75 Å². The van der Waals surface area contributed by atoms with Crippen molar-refractivity contribution in [1.82, 2.24) is 10.3 Å². The summed E-state index contributed by atoms with van der Waals surface area (Å²) < 4.78 is 5.60. The summed E-state index contributed by atoms with van der Waals surface area (Å²) in [5.74, 6) is 0.844. The van der Waals surface area contributed by atoms with Gasteiger partial charge in [-0.15, -0.1) is 0 Å². The van der Waals surface area contributed by atoms with E-state index in [4.69, 9.17) is 4.74 Å². The Morgan fingerprint density at radius 1 is 1.27 bits per heavy atom. The number of amides is 1. The summed E-state index contributed by atoms with van der Waals surface area (Å²) in [6.45, 7) is 7.36. The van der Waals surface area contributed by atoms with Crippen molar-refractivity contribution in [2.24, 2.45) is 0 Å². The maximum atomic E-state index is 12.0. The SMILES string of the molecule is CCOc1cc(C)c(CCNC(=O)c2cccnc2)cc1C. The Morgan fingerprint density at radius 3 is 2.77 bits per heavy atom. The van der Waals surface area contributed by atoms with Crippen molar-refractivity contribution in [3.63, 3.8) is 0 Å². The summed E-state index contributed by atoms with van der Waals surface area (Å²) >= 11 is 0. The molecule has 0 atom stereocenters. The molecule has 2 rings (SSSR count). The van der Waals surface area contributed by atoms with E-state index in [1.165, 1.54) is 11.1 Å². The molecule has 0 saturated heterocycles. The van der Waals surface area contributed by atoms with Crippen LogP contribution in [0, 0.1) is 13.8 Å². The van der Waals surface area contributed by atoms with Gasteiger partial charge in [0.2, 0.25) is 0 Å². The molecule has 116 valence electrons. The molecule has 0 bridgehead atoms. The Bertz CT molecular complexity index is 639. The number of pyridine rings is 1. The van der Waals surface area contributed by atoms with Crippen LogP contribution in [0.2, 0.25) is 0 Å². The molecule has 4 nitrogen and oxygen atoms in total. The Hall–Kier alpha value is -2.36. The van der Waals surface area contributed by atoms with Crippen molar-refractivity contribution in [1.29, 1.82) is 0 Å². The molecule has 1 N–H and O–H groups in total. The van der Waals surface area contributed by atoms with Crippen LogP contribution in [0.3, 0.4) is 0 Å². The average molecular weight is 298 g/mol. The highest BCUT2D eigenvalue weighted by atomic mass is 16.5. The minimum Gasteiger partial charge on any atom is -0.494 e. The molecule has 0 saturated carbocycles. The van der Waals surface area contributed by atoms with Gasteiger partial charge >= 0.3 is 0 Å². The van der Waals surface area contributed by atoms with E-state index in [0.717, 1.165) is 17.7 Å². The summed E-state index contributed by atoms with van der Waals surface area (Å²) in [7, 11) is 0. The van der Waals surface area contributed by atoms with Gasteiger partial charge in [0, 0.05) is 18.9 Å². The molecule has 4 heteroatoms. The number of nitrogens with one attached hydrogen (secondary N) is 1. The van der Waals surface area contributed by atoms with Crippen molar-refractivity contribution in [2.75, 3.05) is 13.2 Å². The monoisotopic (exact) mass is 298 g/mol. The smallest absolute Gasteiger partial charge is 0.252 e. The standard InChI is InChI=1S/C18H22N2O2/c1-4-22-17-11-13(2)15(10-14(17)3)7-9-20-18(21)16-6-5-8-19-12-16/h5-6,8,10-12H,4,7,9H2,1-3H3,(H,20,21). The Kier molecular flexibility index (Phi) is 5.53. The van der Waals surface area contributed by atoms with Gasteiger partial charge in [-0.2, -0.15) is 0 Å². The zero-order valence-corrected chi connectivity index (χ0v) is 13.3. The first-order valence-electron chi connectivity index (χ1n) is 7.53. The number of carbonyl (C=O) groups is 1. The molecule has 0 aliphatic carbocycles. The number of hydrogen-bond acceptors (Lipinski definition) is 3. The lowest BCUT2D eigenvalue weighted by molar-refractivity contribution is 0.0953. The molecule has 0 fully saturated rings. The van der Waals surface area contributed by atoms with Gasteiger partial charge in [-0.3, -0.25) is 9.78 Å². The van der Waals surface area contributed by atoms with Crippen LogP contribution in [0.25, 0.3) is 0 Å². The van der Waals surface area contributed by atoms with E-state index in [9.17, 15) is 4.79 Å². The fourth-order valence-corrected chi connectivity index (χ4v) is 2.34. The quantitative estimate of drug-likeness (QED) is 0.891. The minimum absolute atomic E-state index is 0.0894. The third kappa shape index (κ3) is 4.07. The Balaban J connectivity index is 1.95. The van der Waals surface area contributed by atoms with E-state index in [0.29, 0.717) is 18.7 Å². The van der Waals surface area contributed by atoms with Gasteiger partial charge in [-0.25, -0.2) is 0 Å². The molecule has 1 aromatic carbocycles. The first-order valence-corrected chi connectivity index (χ1v) is 7.53. The molecule has 22 heavy (non-hydrogen) atoms. The number of benzene rings is 1. The third-order valence-electron chi connectivity index (χ3n) is 3.54. The number of nitrogens with zero attached hydrogens (tertiary/aromatic N) is 1. The number of ether oxygens (including phenoxy) is 1. The van der Waals surface area contributed by atoms with E-state index in [1.54, 1.807) is 24.5 Å². The van der Waals surface area contributed by atoms with Crippen LogP contribution in [0.1, 0.15) is 34.0 Å². The van der Waals surface area contributed by atoms with Crippen LogP contribution in [0.15, 0.2) is 36.7 Å². The first kappa shape index (κ1) is 16.0. The van der Waals surface area contributed by atoms with Crippen LogP contribution in [-0.2, 0) is 6.42 Å². The highest BCUT2D eigenvalue weighted by Gasteiger charge is 2.07. The lowest BCUT2D eigenvalue weighted by Gasteiger charge is -2.13. The lowest BCUT2D eigenvalue weighted by atomic mass is 10.0. The van der Waals surface area contributed by atoms with Crippen LogP contribution < -0.4 is 10.1 Å². The number of hydrogen-bond donors (Lipinski definition) is 1. The maximum absolute atomic E-state index is 12.0. The highest BCUT2D eigenvalue weighted by Crippen LogP contribution is 2.23. The third-order valence-corrected chi connectivity index (χ3v) is 3.54. The Morgan fingerprint density at radius 2 is 2.09 bits per heavy atom. The van der Waals surface area contributed by atoms with Crippen molar-refractivity contribution < 1.29 is 9.53 Å². The van der Waals surface area contributed by atoms with Gasteiger partial charge < -0.3 is 10.1 Å². The van der Waals surface area contributed by atoms with Gasteiger partial charge in [-0.1, -0.05) is 6.07 Å². The van der Waals surface area contributed by atoms with E-state index in [1.807, 2.05) is 13.8 Å². The normalized spacial score (nSPS) is 10.3. The largest absolute Gasteiger partial charge is 0.494 e. The average Bonchev–Trinajstić information content (AvgIpc) is 2.53. The molecule has 1 heterocycles. The topological polar surface area (TPSA) is 51.2 Å². The van der Waals surface area contributed by atoms with Gasteiger partial charge in [-0.05, 0) is 62.1 Å². The summed E-state index contributed by atoms with van der Waals surface area (Å²) in [5.41, 5.74) is 4.13. The van der Waals surface area contributed by atoms with Gasteiger partial charge in [0.15, 0.2) is 0 Å². The summed E-state index contributed by atoms with van der Waals surface area (Å²) in [5, 5.41) is 2.92. The molecule has 0 aliphatic heterocycles. The molecule has 0 spiro atoms. The number of carbonyl (C=O) groups excluding carboxylic acids is 1. The highest BCUT2D eigenvalue weighted by molar-refractivity contribution is 5.93.